The molecule has 1 amide bonds. The molecular formula is C19H24ClN3O3. The van der Waals surface area contributed by atoms with Gasteiger partial charge in [-0.25, -0.2) is 0 Å². The van der Waals surface area contributed by atoms with Crippen LogP contribution in [0.3, 0.4) is 0 Å². The van der Waals surface area contributed by atoms with Crippen molar-refractivity contribution in [2.75, 3.05) is 26.2 Å². The second kappa shape index (κ2) is 8.64. The normalized spacial score (nSPS) is 21.4. The first-order chi connectivity index (χ1) is 12.5. The summed E-state index contributed by atoms with van der Waals surface area (Å²) in [7, 11) is 0. The van der Waals surface area contributed by atoms with E-state index in [0.717, 1.165) is 39.0 Å². The maximum Gasteiger partial charge on any atom is 0.288 e. The molecule has 1 aromatic rings. The molecule has 2 aliphatic rings. The summed E-state index contributed by atoms with van der Waals surface area (Å²) in [5.41, 5.74) is 0.451. The molecule has 2 saturated heterocycles. The van der Waals surface area contributed by atoms with Gasteiger partial charge in [0.25, 0.3) is 5.69 Å². The van der Waals surface area contributed by atoms with Crippen molar-refractivity contribution < 1.29 is 9.72 Å². The lowest BCUT2D eigenvalue weighted by Gasteiger charge is -2.32. The zero-order valence-corrected chi connectivity index (χ0v) is 15.5. The molecule has 1 aromatic carbocycles. The average Bonchev–Trinajstić information content (AvgIpc) is 3.09. The molecule has 2 heterocycles. The van der Waals surface area contributed by atoms with E-state index in [1.165, 1.54) is 37.5 Å². The predicted molar refractivity (Wildman–Crippen MR) is 102 cm³/mol. The molecule has 1 atom stereocenters. The molecule has 140 valence electrons. The van der Waals surface area contributed by atoms with Crippen molar-refractivity contribution in [1.82, 2.24) is 9.80 Å². The Bertz CT molecular complexity index is 701. The number of piperidine rings is 1. The van der Waals surface area contributed by atoms with Gasteiger partial charge in [0.1, 0.15) is 5.02 Å². The summed E-state index contributed by atoms with van der Waals surface area (Å²) in [5.74, 6) is -0.0258. The lowest BCUT2D eigenvalue weighted by molar-refractivity contribution is -0.384. The van der Waals surface area contributed by atoms with Crippen LogP contribution in [-0.2, 0) is 4.79 Å². The Morgan fingerprint density at radius 3 is 2.73 bits per heavy atom. The van der Waals surface area contributed by atoms with Gasteiger partial charge >= 0.3 is 0 Å². The Hall–Kier alpha value is -1.92. The number of nitro groups is 1. The minimum atomic E-state index is -0.517. The Morgan fingerprint density at radius 2 is 2.00 bits per heavy atom. The highest BCUT2D eigenvalue weighted by molar-refractivity contribution is 6.32. The van der Waals surface area contributed by atoms with E-state index < -0.39 is 4.92 Å². The number of benzene rings is 1. The van der Waals surface area contributed by atoms with Gasteiger partial charge < -0.3 is 9.80 Å². The molecule has 7 heteroatoms. The van der Waals surface area contributed by atoms with Gasteiger partial charge in [0.15, 0.2) is 0 Å². The zero-order chi connectivity index (χ0) is 18.5. The number of hydrogen-bond acceptors (Lipinski definition) is 4. The average molecular weight is 378 g/mol. The summed E-state index contributed by atoms with van der Waals surface area (Å²) in [6.07, 6.45) is 9.02. The maximum absolute atomic E-state index is 12.6. The number of amides is 1. The fraction of sp³-hybridized carbons (Fsp3) is 0.526. The van der Waals surface area contributed by atoms with E-state index in [9.17, 15) is 14.9 Å². The van der Waals surface area contributed by atoms with Crippen LogP contribution in [0.15, 0.2) is 24.3 Å². The number of nitro benzene ring substituents is 1. The van der Waals surface area contributed by atoms with Crippen molar-refractivity contribution in [2.45, 2.75) is 38.1 Å². The van der Waals surface area contributed by atoms with Crippen LogP contribution < -0.4 is 0 Å². The molecule has 0 spiro atoms. The molecule has 0 saturated carbocycles. The van der Waals surface area contributed by atoms with E-state index in [-0.39, 0.29) is 22.7 Å². The Labute approximate surface area is 158 Å². The van der Waals surface area contributed by atoms with Gasteiger partial charge in [-0.15, -0.1) is 0 Å². The van der Waals surface area contributed by atoms with Gasteiger partial charge in [0.05, 0.1) is 4.92 Å². The maximum atomic E-state index is 12.6. The third kappa shape index (κ3) is 4.62. The first-order valence-corrected chi connectivity index (χ1v) is 9.57. The van der Waals surface area contributed by atoms with Gasteiger partial charge in [-0.05, 0) is 56.5 Å². The number of carbonyl (C=O) groups is 1. The Morgan fingerprint density at radius 1 is 1.23 bits per heavy atom. The van der Waals surface area contributed by atoms with Crippen molar-refractivity contribution in [2.24, 2.45) is 0 Å². The molecule has 0 aliphatic carbocycles. The largest absolute Gasteiger partial charge is 0.335 e. The fourth-order valence-electron chi connectivity index (χ4n) is 3.79. The molecule has 0 unspecified atom stereocenters. The Balaban J connectivity index is 1.63. The summed E-state index contributed by atoms with van der Waals surface area (Å²) >= 11 is 5.82. The quantitative estimate of drug-likeness (QED) is 0.445. The molecule has 0 radical (unpaired) electrons. The fourth-order valence-corrected chi connectivity index (χ4v) is 3.98. The van der Waals surface area contributed by atoms with Crippen LogP contribution in [0, 0.1) is 10.1 Å². The lowest BCUT2D eigenvalue weighted by Crippen LogP contribution is -2.44. The first-order valence-electron chi connectivity index (χ1n) is 9.19. The summed E-state index contributed by atoms with van der Waals surface area (Å²) in [6.45, 7) is 3.99. The summed E-state index contributed by atoms with van der Waals surface area (Å²) in [6, 6.07) is 4.82. The number of likely N-dealkylation sites (tertiary alicyclic amines) is 2. The number of halogens is 1. The highest BCUT2D eigenvalue weighted by Crippen LogP contribution is 2.26. The number of hydrogen-bond donors (Lipinski definition) is 0. The molecule has 0 aromatic heterocycles. The van der Waals surface area contributed by atoms with Gasteiger partial charge in [0.2, 0.25) is 5.91 Å². The van der Waals surface area contributed by atoms with Crippen LogP contribution in [0.25, 0.3) is 6.08 Å². The van der Waals surface area contributed by atoms with Crippen molar-refractivity contribution >= 4 is 29.3 Å². The number of nitrogens with zero attached hydrogens (tertiary/aromatic N) is 3. The van der Waals surface area contributed by atoms with Gasteiger partial charge in [0, 0.05) is 31.3 Å². The highest BCUT2D eigenvalue weighted by atomic mass is 35.5. The zero-order valence-electron chi connectivity index (χ0n) is 14.8. The van der Waals surface area contributed by atoms with Gasteiger partial charge in [-0.2, -0.15) is 0 Å². The number of rotatable bonds is 5. The smallest absolute Gasteiger partial charge is 0.288 e. The van der Waals surface area contributed by atoms with Crippen molar-refractivity contribution in [3.05, 3.63) is 45.0 Å². The molecule has 0 bridgehead atoms. The van der Waals surface area contributed by atoms with Crippen molar-refractivity contribution in [3.8, 4) is 0 Å². The molecule has 3 rings (SSSR count). The molecule has 6 nitrogen and oxygen atoms in total. The van der Waals surface area contributed by atoms with Crippen LogP contribution in [0.2, 0.25) is 5.02 Å². The lowest BCUT2D eigenvalue weighted by atomic mass is 10.1. The second-order valence-corrected chi connectivity index (χ2v) is 7.40. The first kappa shape index (κ1) is 18.9. The second-order valence-electron chi connectivity index (χ2n) is 6.99. The van der Waals surface area contributed by atoms with E-state index in [1.54, 1.807) is 12.1 Å². The predicted octanol–water partition coefficient (Wildman–Crippen LogP) is 3.74. The highest BCUT2D eigenvalue weighted by Gasteiger charge is 2.29. The van der Waals surface area contributed by atoms with Gasteiger partial charge in [-0.1, -0.05) is 24.1 Å². The molecule has 26 heavy (non-hydrogen) atoms. The SMILES string of the molecule is O=C(/C=C/c1ccc(Cl)c([N+](=O)[O-])c1)N1CCC[C@H]1CN1CCCCC1. The van der Waals surface area contributed by atoms with Crippen molar-refractivity contribution in [3.63, 3.8) is 0 Å². The van der Waals surface area contributed by atoms with Crippen LogP contribution in [0.1, 0.15) is 37.7 Å². The summed E-state index contributed by atoms with van der Waals surface area (Å²) < 4.78 is 0. The van der Waals surface area contributed by atoms with Crippen LogP contribution in [0.5, 0.6) is 0 Å². The molecule has 0 N–H and O–H groups in total. The topological polar surface area (TPSA) is 66.7 Å². The molecule has 2 fully saturated rings. The molecular weight excluding hydrogens is 354 g/mol. The summed E-state index contributed by atoms with van der Waals surface area (Å²) in [5, 5.41) is 11.1. The van der Waals surface area contributed by atoms with Gasteiger partial charge in [-0.3, -0.25) is 14.9 Å². The van der Waals surface area contributed by atoms with E-state index in [2.05, 4.69) is 4.90 Å². The van der Waals surface area contributed by atoms with Crippen LogP contribution in [-0.4, -0.2) is 52.9 Å². The van der Waals surface area contributed by atoms with E-state index >= 15 is 0 Å². The monoisotopic (exact) mass is 377 g/mol. The number of carbonyl (C=O) groups excluding carboxylic acids is 1. The minimum Gasteiger partial charge on any atom is -0.335 e. The van der Waals surface area contributed by atoms with E-state index in [1.807, 2.05) is 4.90 Å². The van der Waals surface area contributed by atoms with E-state index in [4.69, 9.17) is 11.6 Å². The standard InChI is InChI=1S/C19H24ClN3O3/c20-17-8-6-15(13-18(17)23(25)26)7-9-19(24)22-12-4-5-16(22)14-21-10-2-1-3-11-21/h6-9,13,16H,1-5,10-12,14H2/b9-7+/t16-/m0/s1. The van der Waals surface area contributed by atoms with Crippen LogP contribution in [0.4, 0.5) is 5.69 Å². The van der Waals surface area contributed by atoms with Crippen LogP contribution >= 0.6 is 11.6 Å². The Kier molecular flexibility index (Phi) is 6.27. The summed E-state index contributed by atoms with van der Waals surface area (Å²) in [4.78, 5) is 27.5. The van der Waals surface area contributed by atoms with Crippen molar-refractivity contribution in [1.29, 1.82) is 0 Å². The van der Waals surface area contributed by atoms with E-state index in [0.29, 0.717) is 5.56 Å². The minimum absolute atomic E-state index is 0.0258. The molecule has 2 aliphatic heterocycles. The third-order valence-corrected chi connectivity index (χ3v) is 5.48. The third-order valence-electron chi connectivity index (χ3n) is 5.16.